The fourth-order valence-corrected chi connectivity index (χ4v) is 2.52. The third-order valence-corrected chi connectivity index (χ3v) is 3.91. The van der Waals surface area contributed by atoms with E-state index in [1.807, 2.05) is 30.3 Å². The second-order valence-electron chi connectivity index (χ2n) is 6.13. The van der Waals surface area contributed by atoms with Crippen molar-refractivity contribution in [2.24, 2.45) is 0 Å². The van der Waals surface area contributed by atoms with Gasteiger partial charge in [-0.25, -0.2) is 0 Å². The summed E-state index contributed by atoms with van der Waals surface area (Å²) in [7, 11) is 3.30. The van der Waals surface area contributed by atoms with E-state index < -0.39 is 5.97 Å². The molecule has 2 aromatic rings. The van der Waals surface area contributed by atoms with E-state index in [1.165, 1.54) is 9.80 Å². The number of hydrogen-bond donors (Lipinski definition) is 1. The van der Waals surface area contributed by atoms with Crippen LogP contribution in [-0.2, 0) is 11.2 Å². The van der Waals surface area contributed by atoms with E-state index in [2.05, 4.69) is 0 Å². The minimum atomic E-state index is -1.06. The molecule has 6 heteroatoms. The van der Waals surface area contributed by atoms with Gasteiger partial charge in [0.2, 0.25) is 0 Å². The second kappa shape index (κ2) is 8.80. The summed E-state index contributed by atoms with van der Waals surface area (Å²) in [5.74, 6) is -1.59. The van der Waals surface area contributed by atoms with Crippen LogP contribution in [0.25, 0.3) is 0 Å². The zero-order valence-electron chi connectivity index (χ0n) is 14.9. The molecule has 0 saturated heterocycles. The average molecular weight is 354 g/mol. The van der Waals surface area contributed by atoms with Gasteiger partial charge in [-0.3, -0.25) is 14.4 Å². The summed E-state index contributed by atoms with van der Waals surface area (Å²) >= 11 is 0. The maximum atomic E-state index is 12.7. The van der Waals surface area contributed by atoms with Crippen LogP contribution in [0.4, 0.5) is 0 Å². The van der Waals surface area contributed by atoms with Gasteiger partial charge in [0.1, 0.15) is 6.54 Å². The molecule has 0 aromatic heterocycles. The molecule has 136 valence electrons. The van der Waals surface area contributed by atoms with Crippen LogP contribution in [0, 0.1) is 0 Å². The summed E-state index contributed by atoms with van der Waals surface area (Å²) in [6, 6.07) is 15.8. The van der Waals surface area contributed by atoms with Crippen LogP contribution in [0.3, 0.4) is 0 Å². The SMILES string of the molecule is CN(C)C(=O)c1ccc(C(=O)N(CCc2ccccc2)CC(=O)O)cc1. The number of carbonyl (C=O) groups is 3. The molecule has 1 N–H and O–H groups in total. The van der Waals surface area contributed by atoms with Crippen LogP contribution >= 0.6 is 0 Å². The Bertz CT molecular complexity index is 770. The highest BCUT2D eigenvalue weighted by atomic mass is 16.4. The first-order valence-corrected chi connectivity index (χ1v) is 8.25. The molecular weight excluding hydrogens is 332 g/mol. The van der Waals surface area contributed by atoms with Gasteiger partial charge in [-0.2, -0.15) is 0 Å². The first-order chi connectivity index (χ1) is 12.4. The number of hydrogen-bond acceptors (Lipinski definition) is 3. The summed E-state index contributed by atoms with van der Waals surface area (Å²) in [5, 5.41) is 9.11. The van der Waals surface area contributed by atoms with Crippen molar-refractivity contribution >= 4 is 17.8 Å². The molecule has 0 aliphatic carbocycles. The molecule has 26 heavy (non-hydrogen) atoms. The van der Waals surface area contributed by atoms with Crippen molar-refractivity contribution in [2.45, 2.75) is 6.42 Å². The molecule has 0 unspecified atom stereocenters. The van der Waals surface area contributed by atoms with E-state index in [1.54, 1.807) is 38.4 Å². The number of amides is 2. The maximum Gasteiger partial charge on any atom is 0.323 e. The first-order valence-electron chi connectivity index (χ1n) is 8.25. The molecule has 0 radical (unpaired) electrons. The van der Waals surface area contributed by atoms with Crippen molar-refractivity contribution in [3.8, 4) is 0 Å². The molecule has 0 aliphatic heterocycles. The quantitative estimate of drug-likeness (QED) is 0.826. The second-order valence-corrected chi connectivity index (χ2v) is 6.13. The number of aliphatic carboxylic acids is 1. The van der Waals surface area contributed by atoms with Crippen molar-refractivity contribution < 1.29 is 19.5 Å². The van der Waals surface area contributed by atoms with Crippen molar-refractivity contribution in [1.82, 2.24) is 9.80 Å². The van der Waals surface area contributed by atoms with Crippen molar-refractivity contribution in [3.63, 3.8) is 0 Å². The van der Waals surface area contributed by atoms with E-state index >= 15 is 0 Å². The van der Waals surface area contributed by atoms with E-state index in [0.29, 0.717) is 24.1 Å². The number of rotatable bonds is 7. The number of carboxylic acid groups (broad SMARTS) is 1. The largest absolute Gasteiger partial charge is 0.480 e. The Morgan fingerprint density at radius 3 is 1.88 bits per heavy atom. The number of nitrogens with zero attached hydrogens (tertiary/aromatic N) is 2. The fraction of sp³-hybridized carbons (Fsp3) is 0.250. The monoisotopic (exact) mass is 354 g/mol. The Kier molecular flexibility index (Phi) is 6.49. The molecule has 6 nitrogen and oxygen atoms in total. The van der Waals surface area contributed by atoms with Crippen LogP contribution in [0.2, 0.25) is 0 Å². The average Bonchev–Trinajstić information content (AvgIpc) is 2.64. The predicted molar refractivity (Wildman–Crippen MR) is 98.1 cm³/mol. The molecule has 2 rings (SSSR count). The Morgan fingerprint density at radius 1 is 0.846 bits per heavy atom. The minimum Gasteiger partial charge on any atom is -0.480 e. The number of benzene rings is 2. The molecule has 0 heterocycles. The van der Waals surface area contributed by atoms with Crippen LogP contribution in [-0.4, -0.2) is 59.9 Å². The van der Waals surface area contributed by atoms with Crippen LogP contribution in [0.1, 0.15) is 26.3 Å². The summed E-state index contributed by atoms with van der Waals surface area (Å²) in [6.07, 6.45) is 0.567. The van der Waals surface area contributed by atoms with E-state index in [4.69, 9.17) is 5.11 Å². The lowest BCUT2D eigenvalue weighted by molar-refractivity contribution is -0.137. The van der Waals surface area contributed by atoms with Gasteiger partial charge in [-0.05, 0) is 36.2 Å². The lowest BCUT2D eigenvalue weighted by atomic mass is 10.1. The highest BCUT2D eigenvalue weighted by Crippen LogP contribution is 2.11. The molecule has 2 aromatic carbocycles. The Hall–Kier alpha value is -3.15. The number of carbonyl (C=O) groups excluding carboxylic acids is 2. The van der Waals surface area contributed by atoms with Crippen LogP contribution in [0.5, 0.6) is 0 Å². The van der Waals surface area contributed by atoms with E-state index in [0.717, 1.165) is 5.56 Å². The van der Waals surface area contributed by atoms with E-state index in [9.17, 15) is 14.4 Å². The topological polar surface area (TPSA) is 77.9 Å². The minimum absolute atomic E-state index is 0.157. The first kappa shape index (κ1) is 19.2. The number of carboxylic acids is 1. The van der Waals surface area contributed by atoms with Crippen LogP contribution < -0.4 is 0 Å². The van der Waals surface area contributed by atoms with Gasteiger partial charge in [0.15, 0.2) is 0 Å². The zero-order chi connectivity index (χ0) is 19.1. The summed E-state index contributed by atoms with van der Waals surface area (Å²) in [5.41, 5.74) is 1.86. The van der Waals surface area contributed by atoms with E-state index in [-0.39, 0.29) is 18.4 Å². The Balaban J connectivity index is 2.12. The maximum absolute atomic E-state index is 12.7. The third kappa shape index (κ3) is 5.17. The van der Waals surface area contributed by atoms with Gasteiger partial charge in [-0.15, -0.1) is 0 Å². The van der Waals surface area contributed by atoms with Gasteiger partial charge in [-0.1, -0.05) is 30.3 Å². The van der Waals surface area contributed by atoms with Gasteiger partial charge in [0, 0.05) is 31.8 Å². The molecule has 2 amide bonds. The van der Waals surface area contributed by atoms with Gasteiger partial charge >= 0.3 is 5.97 Å². The molecule has 0 spiro atoms. The lowest BCUT2D eigenvalue weighted by Crippen LogP contribution is -2.37. The molecular formula is C20H22N2O4. The smallest absolute Gasteiger partial charge is 0.323 e. The van der Waals surface area contributed by atoms with Gasteiger partial charge in [0.05, 0.1) is 0 Å². The molecule has 0 fully saturated rings. The third-order valence-electron chi connectivity index (χ3n) is 3.91. The van der Waals surface area contributed by atoms with Crippen LogP contribution in [0.15, 0.2) is 54.6 Å². The van der Waals surface area contributed by atoms with Gasteiger partial charge in [0.25, 0.3) is 11.8 Å². The molecule has 0 bridgehead atoms. The van der Waals surface area contributed by atoms with Crippen molar-refractivity contribution in [3.05, 3.63) is 71.3 Å². The van der Waals surface area contributed by atoms with Gasteiger partial charge < -0.3 is 14.9 Å². The Morgan fingerprint density at radius 2 is 1.38 bits per heavy atom. The summed E-state index contributed by atoms with van der Waals surface area (Å²) in [4.78, 5) is 38.5. The highest BCUT2D eigenvalue weighted by Gasteiger charge is 2.19. The molecule has 0 atom stereocenters. The predicted octanol–water partition coefficient (Wildman–Crippen LogP) is 2.16. The molecule has 0 saturated carbocycles. The highest BCUT2D eigenvalue weighted by molar-refractivity contribution is 5.98. The summed E-state index contributed by atoms with van der Waals surface area (Å²) in [6.45, 7) is -0.0719. The fourth-order valence-electron chi connectivity index (χ4n) is 2.52. The Labute approximate surface area is 152 Å². The van der Waals surface area contributed by atoms with Crippen molar-refractivity contribution in [1.29, 1.82) is 0 Å². The standard InChI is InChI=1S/C20H22N2O4/c1-21(2)19(25)16-8-10-17(11-9-16)20(26)22(14-18(23)24)13-12-15-6-4-3-5-7-15/h3-11H,12-14H2,1-2H3,(H,23,24). The summed E-state index contributed by atoms with van der Waals surface area (Å²) < 4.78 is 0. The van der Waals surface area contributed by atoms with Crippen molar-refractivity contribution in [2.75, 3.05) is 27.2 Å². The molecule has 0 aliphatic rings. The normalized spacial score (nSPS) is 10.2. The zero-order valence-corrected chi connectivity index (χ0v) is 14.9. The lowest BCUT2D eigenvalue weighted by Gasteiger charge is -2.21.